The van der Waals surface area contributed by atoms with Crippen molar-refractivity contribution in [3.05, 3.63) is 46.9 Å². The van der Waals surface area contributed by atoms with E-state index >= 15 is 0 Å². The number of nitrogens with zero attached hydrogens (tertiary/aromatic N) is 2. The summed E-state index contributed by atoms with van der Waals surface area (Å²) in [7, 11) is 0. The van der Waals surface area contributed by atoms with Gasteiger partial charge in [0.25, 0.3) is 11.8 Å². The molecule has 148 valence electrons. The fraction of sp³-hybridized carbons (Fsp3) is 0.429. The first-order valence-corrected chi connectivity index (χ1v) is 9.49. The quantitative estimate of drug-likeness (QED) is 0.795. The summed E-state index contributed by atoms with van der Waals surface area (Å²) in [5.74, 6) is 2.51. The lowest BCUT2D eigenvalue weighted by molar-refractivity contribution is -0.142. The zero-order valence-corrected chi connectivity index (χ0v) is 16.4. The number of rotatable bonds is 2. The number of amides is 2. The third-order valence-electron chi connectivity index (χ3n) is 5.44. The van der Waals surface area contributed by atoms with E-state index in [1.807, 2.05) is 39.0 Å². The van der Waals surface area contributed by atoms with Crippen molar-refractivity contribution in [1.29, 1.82) is 0 Å². The van der Waals surface area contributed by atoms with Gasteiger partial charge in [0.2, 0.25) is 6.10 Å². The number of carbonyl (C=O) groups excluding carboxylic acids is 2. The zero-order chi connectivity index (χ0) is 19.8. The summed E-state index contributed by atoms with van der Waals surface area (Å²) in [5, 5.41) is 0. The molecule has 1 saturated heterocycles. The van der Waals surface area contributed by atoms with Crippen LogP contribution >= 0.6 is 0 Å². The molecule has 1 unspecified atom stereocenters. The second-order valence-corrected chi connectivity index (χ2v) is 7.20. The van der Waals surface area contributed by atoms with Crippen molar-refractivity contribution in [2.45, 2.75) is 26.9 Å². The number of benzene rings is 1. The minimum absolute atomic E-state index is 0.0369. The minimum atomic E-state index is -0.654. The molecule has 2 amide bonds. The van der Waals surface area contributed by atoms with E-state index in [1.165, 1.54) is 0 Å². The largest absolute Gasteiger partial charge is 0.485 e. The number of hydrogen-bond donors (Lipinski definition) is 0. The molecule has 0 aliphatic carbocycles. The molecule has 0 bridgehead atoms. The number of ether oxygens (including phenoxy) is 2. The summed E-state index contributed by atoms with van der Waals surface area (Å²) in [6.45, 7) is 7.68. The van der Waals surface area contributed by atoms with Gasteiger partial charge in [0.1, 0.15) is 18.1 Å². The van der Waals surface area contributed by atoms with Gasteiger partial charge in [-0.25, -0.2) is 0 Å². The normalized spacial score (nSPS) is 18.9. The average molecular weight is 384 g/mol. The number of para-hydroxylation sites is 2. The maximum absolute atomic E-state index is 12.9. The highest BCUT2D eigenvalue weighted by molar-refractivity contribution is 5.97. The highest BCUT2D eigenvalue weighted by atomic mass is 16.6. The number of furan rings is 1. The summed E-state index contributed by atoms with van der Waals surface area (Å²) in [6.07, 6.45) is -0.654. The Morgan fingerprint density at radius 1 is 0.929 bits per heavy atom. The summed E-state index contributed by atoms with van der Waals surface area (Å²) in [6, 6.07) is 7.33. The third-order valence-corrected chi connectivity index (χ3v) is 5.44. The summed E-state index contributed by atoms with van der Waals surface area (Å²) in [5.41, 5.74) is 1.52. The molecule has 0 spiro atoms. The number of hydrogen-bond acceptors (Lipinski definition) is 5. The molecule has 1 aromatic heterocycles. The van der Waals surface area contributed by atoms with E-state index in [9.17, 15) is 9.59 Å². The van der Waals surface area contributed by atoms with Crippen LogP contribution in [0.5, 0.6) is 11.5 Å². The van der Waals surface area contributed by atoms with Gasteiger partial charge in [-0.1, -0.05) is 12.1 Å². The number of piperazine rings is 1. The average Bonchev–Trinajstić information content (AvgIpc) is 2.98. The number of carbonyl (C=O) groups is 2. The molecule has 3 heterocycles. The Bertz CT molecular complexity index is 912. The van der Waals surface area contributed by atoms with E-state index in [1.54, 1.807) is 15.9 Å². The Hall–Kier alpha value is -2.96. The van der Waals surface area contributed by atoms with Gasteiger partial charge < -0.3 is 23.7 Å². The smallest absolute Gasteiger partial charge is 0.267 e. The van der Waals surface area contributed by atoms with Crippen molar-refractivity contribution in [1.82, 2.24) is 9.80 Å². The molecular formula is C21H24N2O5. The van der Waals surface area contributed by atoms with Crippen molar-refractivity contribution in [3.8, 4) is 11.5 Å². The van der Waals surface area contributed by atoms with Crippen LogP contribution in [0.25, 0.3) is 0 Å². The predicted octanol–water partition coefficient (Wildman–Crippen LogP) is 2.33. The molecule has 7 heteroatoms. The van der Waals surface area contributed by atoms with Crippen molar-refractivity contribution in [3.63, 3.8) is 0 Å². The van der Waals surface area contributed by atoms with Gasteiger partial charge in [-0.05, 0) is 32.9 Å². The summed E-state index contributed by atoms with van der Waals surface area (Å²) in [4.78, 5) is 29.2. The first kappa shape index (κ1) is 18.4. The van der Waals surface area contributed by atoms with Crippen molar-refractivity contribution >= 4 is 11.8 Å². The summed E-state index contributed by atoms with van der Waals surface area (Å²) >= 11 is 0. The van der Waals surface area contributed by atoms with Crippen molar-refractivity contribution in [2.75, 3.05) is 32.8 Å². The molecule has 28 heavy (non-hydrogen) atoms. The highest BCUT2D eigenvalue weighted by Gasteiger charge is 2.34. The molecule has 1 fully saturated rings. The zero-order valence-electron chi connectivity index (χ0n) is 16.4. The molecule has 0 radical (unpaired) electrons. The van der Waals surface area contributed by atoms with E-state index < -0.39 is 6.10 Å². The lowest BCUT2D eigenvalue weighted by Crippen LogP contribution is -2.55. The fourth-order valence-corrected chi connectivity index (χ4v) is 3.74. The molecule has 1 aromatic carbocycles. The van der Waals surface area contributed by atoms with Gasteiger partial charge in [-0.2, -0.15) is 0 Å². The molecule has 1 atom stereocenters. The van der Waals surface area contributed by atoms with Crippen LogP contribution in [-0.4, -0.2) is 60.5 Å². The van der Waals surface area contributed by atoms with Crippen molar-refractivity contribution in [2.24, 2.45) is 0 Å². The predicted molar refractivity (Wildman–Crippen MR) is 102 cm³/mol. The Kier molecular flexibility index (Phi) is 4.75. The minimum Gasteiger partial charge on any atom is -0.485 e. The van der Waals surface area contributed by atoms with Crippen LogP contribution < -0.4 is 9.47 Å². The van der Waals surface area contributed by atoms with Gasteiger partial charge in [-0.3, -0.25) is 9.59 Å². The molecule has 0 saturated carbocycles. The molecular weight excluding hydrogens is 360 g/mol. The summed E-state index contributed by atoms with van der Waals surface area (Å²) < 4.78 is 17.0. The molecule has 4 rings (SSSR count). The second-order valence-electron chi connectivity index (χ2n) is 7.20. The first-order chi connectivity index (χ1) is 13.5. The van der Waals surface area contributed by atoms with Crippen LogP contribution in [0.2, 0.25) is 0 Å². The van der Waals surface area contributed by atoms with Gasteiger partial charge >= 0.3 is 0 Å². The van der Waals surface area contributed by atoms with E-state index in [0.717, 1.165) is 11.3 Å². The molecule has 7 nitrogen and oxygen atoms in total. The van der Waals surface area contributed by atoms with Crippen LogP contribution in [0.4, 0.5) is 0 Å². The van der Waals surface area contributed by atoms with Crippen LogP contribution in [0.3, 0.4) is 0 Å². The Morgan fingerprint density at radius 2 is 1.57 bits per heavy atom. The van der Waals surface area contributed by atoms with Crippen LogP contribution in [0.15, 0.2) is 28.7 Å². The van der Waals surface area contributed by atoms with E-state index in [4.69, 9.17) is 13.9 Å². The standard InChI is InChI=1S/C21H24N2O5/c1-13-14(2)27-15(3)19(13)21(25)23-10-8-22(9-11-23)20(24)18-12-26-16-6-4-5-7-17(16)28-18/h4-7,18H,8-12H2,1-3H3. The van der Waals surface area contributed by atoms with Gasteiger partial charge in [0, 0.05) is 31.7 Å². The molecule has 2 aliphatic rings. The maximum Gasteiger partial charge on any atom is 0.267 e. The maximum atomic E-state index is 12.9. The van der Waals surface area contributed by atoms with Gasteiger partial charge in [-0.15, -0.1) is 0 Å². The lowest BCUT2D eigenvalue weighted by Gasteiger charge is -2.37. The van der Waals surface area contributed by atoms with E-state index in [0.29, 0.717) is 49.0 Å². The topological polar surface area (TPSA) is 72.2 Å². The molecule has 0 N–H and O–H groups in total. The van der Waals surface area contributed by atoms with Gasteiger partial charge in [0.15, 0.2) is 11.5 Å². The van der Waals surface area contributed by atoms with Crippen molar-refractivity contribution < 1.29 is 23.5 Å². The lowest BCUT2D eigenvalue weighted by atomic mass is 10.1. The van der Waals surface area contributed by atoms with E-state index in [2.05, 4.69) is 0 Å². The van der Waals surface area contributed by atoms with Crippen LogP contribution in [0, 0.1) is 20.8 Å². The first-order valence-electron chi connectivity index (χ1n) is 9.49. The molecule has 2 aliphatic heterocycles. The third kappa shape index (κ3) is 3.21. The Labute approximate surface area is 163 Å². The van der Waals surface area contributed by atoms with Crippen LogP contribution in [0.1, 0.15) is 27.4 Å². The van der Waals surface area contributed by atoms with E-state index in [-0.39, 0.29) is 18.4 Å². The fourth-order valence-electron chi connectivity index (χ4n) is 3.74. The highest BCUT2D eigenvalue weighted by Crippen LogP contribution is 2.31. The monoisotopic (exact) mass is 384 g/mol. The van der Waals surface area contributed by atoms with Crippen LogP contribution in [-0.2, 0) is 4.79 Å². The second kappa shape index (κ2) is 7.22. The number of fused-ring (bicyclic) bond motifs is 1. The van der Waals surface area contributed by atoms with Gasteiger partial charge in [0.05, 0.1) is 5.56 Å². The number of aryl methyl sites for hydroxylation is 2. The SMILES string of the molecule is Cc1oc(C)c(C(=O)N2CCN(C(=O)C3COc4ccccc4O3)CC2)c1C. The Morgan fingerprint density at radius 3 is 2.21 bits per heavy atom. The Balaban J connectivity index is 1.38. The molecule has 2 aromatic rings.